The van der Waals surface area contributed by atoms with Crippen LogP contribution < -0.4 is 10.0 Å². The molecule has 1 aromatic carbocycles. The van der Waals surface area contributed by atoms with Gasteiger partial charge in [-0.1, -0.05) is 0 Å². The molecule has 0 aliphatic heterocycles. The Balaban J connectivity index is 1.98. The van der Waals surface area contributed by atoms with Crippen LogP contribution in [0.1, 0.15) is 31.1 Å². The zero-order valence-corrected chi connectivity index (χ0v) is 16.3. The first-order chi connectivity index (χ1) is 13.6. The van der Waals surface area contributed by atoms with E-state index in [1.165, 1.54) is 41.3 Å². The molecule has 8 nitrogen and oxygen atoms in total. The summed E-state index contributed by atoms with van der Waals surface area (Å²) in [5, 5.41) is 13.6. The van der Waals surface area contributed by atoms with Gasteiger partial charge in [0.05, 0.1) is 5.56 Å². The highest BCUT2D eigenvalue weighted by Gasteiger charge is 2.29. The van der Waals surface area contributed by atoms with Crippen molar-refractivity contribution in [2.75, 3.05) is 18.5 Å². The average molecular weight is 403 g/mol. The number of benzene rings is 1. The number of esters is 1. The van der Waals surface area contributed by atoms with Gasteiger partial charge in [-0.25, -0.2) is 9.18 Å². The Labute approximate surface area is 167 Å². The Morgan fingerprint density at radius 1 is 1.10 bits per heavy atom. The third-order valence-corrected chi connectivity index (χ3v) is 3.90. The maximum Gasteiger partial charge on any atom is 0.339 e. The molecule has 1 N–H and O–H groups in total. The number of nitrogens with one attached hydrogen (secondary N) is 1. The van der Waals surface area contributed by atoms with Crippen LogP contribution >= 0.6 is 0 Å². The summed E-state index contributed by atoms with van der Waals surface area (Å²) in [6.07, 6.45) is 2.28. The molecule has 0 unspecified atom stereocenters. The molecule has 0 saturated heterocycles. The van der Waals surface area contributed by atoms with Gasteiger partial charge in [0.25, 0.3) is 5.91 Å². The third-order valence-electron chi connectivity index (χ3n) is 3.90. The Bertz CT molecular complexity index is 876. The van der Waals surface area contributed by atoms with E-state index in [4.69, 9.17) is 4.74 Å². The quantitative estimate of drug-likeness (QED) is 0.451. The minimum Gasteiger partial charge on any atom is -0.619 e. The summed E-state index contributed by atoms with van der Waals surface area (Å²) in [5.41, 5.74) is -0.199. The van der Waals surface area contributed by atoms with Crippen molar-refractivity contribution in [3.63, 3.8) is 0 Å². The summed E-state index contributed by atoms with van der Waals surface area (Å²) in [6, 6.07) is 7.78. The molecular weight excluding hydrogens is 381 g/mol. The van der Waals surface area contributed by atoms with Crippen LogP contribution in [0.15, 0.2) is 48.8 Å². The molecule has 0 atom stereocenters. The lowest BCUT2D eigenvalue weighted by Gasteiger charge is -2.35. The molecule has 0 fully saturated rings. The Morgan fingerprint density at radius 2 is 1.69 bits per heavy atom. The van der Waals surface area contributed by atoms with Gasteiger partial charge in [0.1, 0.15) is 12.4 Å². The van der Waals surface area contributed by atoms with Gasteiger partial charge in [-0.15, -0.1) is 0 Å². The molecule has 2 rings (SSSR count). The minimum atomic E-state index is -0.761. The van der Waals surface area contributed by atoms with Crippen molar-refractivity contribution in [2.45, 2.75) is 26.3 Å². The van der Waals surface area contributed by atoms with Crippen LogP contribution in [-0.2, 0) is 14.3 Å². The largest absolute Gasteiger partial charge is 0.619 e. The number of hydrogen-bond donors (Lipinski definition) is 1. The van der Waals surface area contributed by atoms with Gasteiger partial charge in [-0.2, -0.15) is 4.73 Å². The Kier molecular flexibility index (Phi) is 6.87. The van der Waals surface area contributed by atoms with E-state index >= 15 is 0 Å². The first-order valence-corrected chi connectivity index (χ1v) is 8.78. The second kappa shape index (κ2) is 9.13. The van der Waals surface area contributed by atoms with Crippen molar-refractivity contribution in [1.82, 2.24) is 4.90 Å². The summed E-state index contributed by atoms with van der Waals surface area (Å²) in [7, 11) is 0. The number of anilines is 1. The van der Waals surface area contributed by atoms with Crippen molar-refractivity contribution in [3.8, 4) is 0 Å². The lowest BCUT2D eigenvalue weighted by atomic mass is 10.1. The minimum absolute atomic E-state index is 0.126. The number of carbonyl (C=O) groups is 3. The van der Waals surface area contributed by atoms with Crippen molar-refractivity contribution in [3.05, 3.63) is 65.4 Å². The van der Waals surface area contributed by atoms with E-state index in [-0.39, 0.29) is 12.1 Å². The zero-order chi connectivity index (χ0) is 21.6. The average Bonchev–Trinajstić information content (AvgIpc) is 2.65. The van der Waals surface area contributed by atoms with Crippen molar-refractivity contribution >= 4 is 23.5 Å². The van der Waals surface area contributed by atoms with E-state index in [9.17, 15) is 24.0 Å². The summed E-state index contributed by atoms with van der Waals surface area (Å²) in [4.78, 5) is 38.2. The van der Waals surface area contributed by atoms with Gasteiger partial charge in [0, 0.05) is 23.4 Å². The number of ether oxygens (including phenoxy) is 1. The first-order valence-electron chi connectivity index (χ1n) is 8.78. The van der Waals surface area contributed by atoms with E-state index in [0.717, 1.165) is 12.4 Å². The van der Waals surface area contributed by atoms with E-state index in [2.05, 4.69) is 5.32 Å². The molecule has 9 heteroatoms. The van der Waals surface area contributed by atoms with Crippen LogP contribution in [0.25, 0.3) is 0 Å². The number of aromatic nitrogens is 1. The molecular formula is C20H22FN3O5. The van der Waals surface area contributed by atoms with Gasteiger partial charge in [0.15, 0.2) is 19.0 Å². The molecule has 1 heterocycles. The molecule has 154 valence electrons. The summed E-state index contributed by atoms with van der Waals surface area (Å²) < 4.78 is 18.5. The van der Waals surface area contributed by atoms with E-state index in [1.807, 2.05) is 0 Å². The van der Waals surface area contributed by atoms with Gasteiger partial charge in [-0.3, -0.25) is 9.59 Å². The van der Waals surface area contributed by atoms with Crippen LogP contribution in [0.2, 0.25) is 0 Å². The standard InChI is InChI=1S/C20H22FN3O5/c1-20(2,3)24(12-17(25)22-16-6-4-15(21)5-7-16)18(26)13-29-19(27)14-8-10-23(28)11-9-14/h4-11H,12-13H2,1-3H3,(H,22,25). The normalized spacial score (nSPS) is 10.9. The molecule has 2 amide bonds. The summed E-state index contributed by atoms with van der Waals surface area (Å²) in [6.45, 7) is 4.37. The van der Waals surface area contributed by atoms with Crippen LogP contribution in [0.3, 0.4) is 0 Å². The monoisotopic (exact) mass is 403 g/mol. The number of amides is 2. The highest BCUT2D eigenvalue weighted by molar-refractivity contribution is 5.95. The highest BCUT2D eigenvalue weighted by atomic mass is 19.1. The first kappa shape index (κ1) is 21.8. The molecule has 0 saturated carbocycles. The number of nitrogens with zero attached hydrogens (tertiary/aromatic N) is 2. The topological polar surface area (TPSA) is 103 Å². The van der Waals surface area contributed by atoms with Gasteiger partial charge in [0.2, 0.25) is 5.91 Å². The predicted molar refractivity (Wildman–Crippen MR) is 102 cm³/mol. The Hall–Kier alpha value is -3.49. The molecule has 1 aromatic heterocycles. The van der Waals surface area contributed by atoms with E-state index < -0.39 is 35.7 Å². The number of halogens is 1. The second-order valence-corrected chi connectivity index (χ2v) is 7.23. The fraction of sp³-hybridized carbons (Fsp3) is 0.300. The lowest BCUT2D eigenvalue weighted by molar-refractivity contribution is -0.605. The molecule has 29 heavy (non-hydrogen) atoms. The third kappa shape index (κ3) is 6.56. The molecule has 0 spiro atoms. The van der Waals surface area contributed by atoms with Crippen molar-refractivity contribution < 1.29 is 28.2 Å². The fourth-order valence-corrected chi connectivity index (χ4v) is 2.41. The Morgan fingerprint density at radius 3 is 2.24 bits per heavy atom. The molecule has 0 aliphatic carbocycles. The number of hydrogen-bond acceptors (Lipinski definition) is 5. The van der Waals surface area contributed by atoms with Crippen LogP contribution in [0, 0.1) is 11.0 Å². The smallest absolute Gasteiger partial charge is 0.339 e. The maximum atomic E-state index is 13.0. The zero-order valence-electron chi connectivity index (χ0n) is 16.3. The van der Waals surface area contributed by atoms with Crippen molar-refractivity contribution in [2.24, 2.45) is 0 Å². The highest BCUT2D eigenvalue weighted by Crippen LogP contribution is 2.15. The second-order valence-electron chi connectivity index (χ2n) is 7.23. The van der Waals surface area contributed by atoms with Gasteiger partial charge in [-0.05, 0) is 45.0 Å². The fourth-order valence-electron chi connectivity index (χ4n) is 2.41. The molecule has 0 bridgehead atoms. The number of rotatable bonds is 6. The van der Waals surface area contributed by atoms with Crippen LogP contribution in [0.4, 0.5) is 10.1 Å². The SMILES string of the molecule is CC(C)(C)N(CC(=O)Nc1ccc(F)cc1)C(=O)COC(=O)c1cc[n+]([O-])cc1. The van der Waals surface area contributed by atoms with Gasteiger partial charge < -0.3 is 20.2 Å². The molecule has 0 radical (unpaired) electrons. The lowest BCUT2D eigenvalue weighted by Crippen LogP contribution is -2.50. The molecule has 0 aliphatic rings. The number of carbonyl (C=O) groups excluding carboxylic acids is 3. The van der Waals surface area contributed by atoms with E-state index in [1.54, 1.807) is 20.8 Å². The maximum absolute atomic E-state index is 13.0. The molecule has 2 aromatic rings. The van der Waals surface area contributed by atoms with Crippen LogP contribution in [-0.4, -0.2) is 41.4 Å². The number of pyridine rings is 1. The van der Waals surface area contributed by atoms with Crippen molar-refractivity contribution in [1.29, 1.82) is 0 Å². The summed E-state index contributed by atoms with van der Waals surface area (Å²) >= 11 is 0. The predicted octanol–water partition coefficient (Wildman–Crippen LogP) is 1.88. The van der Waals surface area contributed by atoms with Crippen LogP contribution in [0.5, 0.6) is 0 Å². The van der Waals surface area contributed by atoms with E-state index in [0.29, 0.717) is 10.4 Å². The summed E-state index contributed by atoms with van der Waals surface area (Å²) in [5.74, 6) is -2.23. The van der Waals surface area contributed by atoms with Gasteiger partial charge >= 0.3 is 5.97 Å².